The molecule has 0 spiro atoms. The molecule has 2 aliphatic heterocycles. The van der Waals surface area contributed by atoms with Crippen LogP contribution in [0.15, 0.2) is 47.3 Å². The van der Waals surface area contributed by atoms with Crippen LogP contribution in [0, 0.1) is 12.7 Å². The molecule has 17 nitrogen and oxygen atoms in total. The number of carboxylic acid groups (broad SMARTS) is 1. The van der Waals surface area contributed by atoms with E-state index in [4.69, 9.17) is 34.8 Å². The van der Waals surface area contributed by atoms with Crippen molar-refractivity contribution in [1.82, 2.24) is 25.5 Å². The van der Waals surface area contributed by atoms with Gasteiger partial charge in [-0.2, -0.15) is 0 Å². The maximum atomic E-state index is 15.4. The first-order valence-electron chi connectivity index (χ1n) is 19.4. The third-order valence-corrected chi connectivity index (χ3v) is 11.1. The van der Waals surface area contributed by atoms with E-state index in [0.29, 0.717) is 51.8 Å². The summed E-state index contributed by atoms with van der Waals surface area (Å²) in [7, 11) is 0. The molecule has 0 radical (unpaired) electrons. The van der Waals surface area contributed by atoms with E-state index in [1.807, 2.05) is 30.3 Å². The normalized spacial score (nSPS) is 18.6. The second kappa shape index (κ2) is 18.0. The molecule has 4 aromatic rings. The number of aromatic nitrogens is 2. The molecule has 2 aromatic carbocycles. The van der Waals surface area contributed by atoms with Gasteiger partial charge in [0.25, 0.3) is 17.9 Å². The number of carbonyl (C=O) groups is 5. The van der Waals surface area contributed by atoms with Gasteiger partial charge in [0.15, 0.2) is 11.7 Å². The van der Waals surface area contributed by atoms with Crippen LogP contribution in [0.3, 0.4) is 0 Å². The van der Waals surface area contributed by atoms with E-state index < -0.39 is 64.9 Å². The average Bonchev–Trinajstić information content (AvgIpc) is 3.60. The van der Waals surface area contributed by atoms with E-state index >= 15 is 4.39 Å². The van der Waals surface area contributed by atoms with Crippen LogP contribution in [-0.4, -0.2) is 81.5 Å². The van der Waals surface area contributed by atoms with E-state index in [9.17, 15) is 29.1 Å². The van der Waals surface area contributed by atoms with Crippen molar-refractivity contribution in [2.24, 2.45) is 5.73 Å². The molecule has 0 fully saturated rings. The third kappa shape index (κ3) is 8.36. The highest BCUT2D eigenvalue weighted by molar-refractivity contribution is 5.94. The van der Waals surface area contributed by atoms with Gasteiger partial charge in [-0.15, -0.1) is 0 Å². The molecule has 60 heavy (non-hydrogen) atoms. The van der Waals surface area contributed by atoms with Gasteiger partial charge in [-0.1, -0.05) is 37.3 Å². The molecular formula is C42H47FN6O11. The molecule has 0 saturated heterocycles. The number of esters is 1. The Kier molecular flexibility index (Phi) is 13.1. The van der Waals surface area contributed by atoms with Crippen LogP contribution >= 0.6 is 0 Å². The smallest absolute Gasteiger partial charge is 0.343 e. The van der Waals surface area contributed by atoms with E-state index in [2.05, 4.69) is 16.0 Å². The minimum absolute atomic E-state index is 0.0297. The third-order valence-electron chi connectivity index (χ3n) is 11.1. The van der Waals surface area contributed by atoms with Crippen molar-refractivity contribution >= 4 is 41.1 Å². The molecule has 7 rings (SSSR count). The first-order chi connectivity index (χ1) is 28.6. The Morgan fingerprint density at radius 1 is 1.12 bits per heavy atom. The van der Waals surface area contributed by atoms with E-state index in [1.54, 1.807) is 19.9 Å². The average molecular weight is 831 g/mol. The number of halogens is 1. The number of aryl methyl sites for hydroxylation is 1. The van der Waals surface area contributed by atoms with Crippen LogP contribution in [0.4, 0.5) is 4.39 Å². The number of nitrogens with two attached hydrogens (primary N) is 1. The molecule has 0 unspecified atom stereocenters. The predicted molar refractivity (Wildman–Crippen MR) is 212 cm³/mol. The van der Waals surface area contributed by atoms with Gasteiger partial charge in [-0.05, 0) is 68.4 Å². The fourth-order valence-electron chi connectivity index (χ4n) is 7.80. The largest absolute Gasteiger partial charge is 0.483 e. The Hall–Kier alpha value is -6.08. The number of carbonyl (C=O) groups excluding carboxylic acids is 4. The number of hydrogen-bond acceptors (Lipinski definition) is 12. The van der Waals surface area contributed by atoms with Crippen LogP contribution < -0.4 is 27.2 Å². The minimum atomic E-state index is -2.03. The maximum Gasteiger partial charge on any atom is 0.343 e. The fourth-order valence-corrected chi connectivity index (χ4v) is 7.80. The zero-order chi connectivity index (χ0) is 43.5. The second-order valence-corrected chi connectivity index (χ2v) is 14.9. The van der Waals surface area contributed by atoms with Gasteiger partial charge in [0.05, 0.1) is 54.3 Å². The van der Waals surface area contributed by atoms with Crippen LogP contribution in [0.2, 0.25) is 0 Å². The van der Waals surface area contributed by atoms with Crippen molar-refractivity contribution in [3.8, 4) is 11.4 Å². The lowest BCUT2D eigenvalue weighted by Crippen LogP contribution is -2.50. The molecule has 318 valence electrons. The number of nitrogens with one attached hydrogen (secondary N) is 3. The molecule has 1 aliphatic carbocycles. The van der Waals surface area contributed by atoms with Gasteiger partial charge < -0.3 is 50.7 Å². The SMILES string of the molecule is CC[C@@]1(O)C(=O)OCc2c1cc1n(c2=O)Cc2c-1nc1cc(F)c(C)c3c1c2[C@@H](NC(=O)[C@@H](COCc1ccccc1)OCNC(=O)[C@H](C)NC(=O)[C@H](C)N)CC3.O=CO. The molecular weight excluding hydrogens is 783 g/mol. The number of rotatable bonds is 13. The number of amides is 3. The zero-order valence-electron chi connectivity index (χ0n) is 33.5. The topological polar surface area (TPSA) is 250 Å². The van der Waals surface area contributed by atoms with Crippen LogP contribution in [-0.2, 0) is 70.0 Å². The Morgan fingerprint density at radius 3 is 2.52 bits per heavy atom. The van der Waals surface area contributed by atoms with Gasteiger partial charge in [0, 0.05) is 22.6 Å². The van der Waals surface area contributed by atoms with Gasteiger partial charge in [0.2, 0.25) is 11.8 Å². The lowest BCUT2D eigenvalue weighted by Gasteiger charge is -2.31. The summed E-state index contributed by atoms with van der Waals surface area (Å²) >= 11 is 0. The molecule has 3 aliphatic rings. The highest BCUT2D eigenvalue weighted by atomic mass is 19.1. The summed E-state index contributed by atoms with van der Waals surface area (Å²) in [6, 6.07) is 9.89. The monoisotopic (exact) mass is 830 g/mol. The Bertz CT molecular complexity index is 2410. The lowest BCUT2D eigenvalue weighted by atomic mass is 9.81. The van der Waals surface area contributed by atoms with Crippen molar-refractivity contribution in [1.29, 1.82) is 0 Å². The maximum absolute atomic E-state index is 15.4. The first kappa shape index (κ1) is 43.5. The summed E-state index contributed by atoms with van der Waals surface area (Å²) in [4.78, 5) is 79.0. The zero-order valence-corrected chi connectivity index (χ0v) is 33.5. The summed E-state index contributed by atoms with van der Waals surface area (Å²) < 4.78 is 34.0. The molecule has 2 aromatic heterocycles. The first-order valence-corrected chi connectivity index (χ1v) is 19.4. The number of cyclic esters (lactones) is 1. The standard InChI is InChI=1S/C41H45FN6O9.CH2O2/c1-5-41(54)27-13-31-35-25(15-48(31)39(52)26(27)17-56-40(41)53)34-29(12-11-24-20(2)28(42)14-30(46-35)33(24)34)47-38(51)32(18-55-16-23-9-7-6-8-10-23)57-19-44-37(50)22(4)45-36(49)21(3)43;2-1-3/h6-10,13-14,21-22,29,32,54H,5,11-12,15-19,43H2,1-4H3,(H,44,50)(H,45,49)(H,47,51);1H,(H,2,3)/t21-,22-,29-,32+,41-;/m0./s1. The number of benzene rings is 2. The van der Waals surface area contributed by atoms with Crippen molar-refractivity contribution < 1.29 is 52.8 Å². The van der Waals surface area contributed by atoms with Gasteiger partial charge in [0.1, 0.15) is 25.2 Å². The van der Waals surface area contributed by atoms with E-state index in [-0.39, 0.29) is 57.1 Å². The number of ether oxygens (including phenoxy) is 3. The molecule has 4 heterocycles. The van der Waals surface area contributed by atoms with Gasteiger partial charge in [-0.25, -0.2) is 14.2 Å². The van der Waals surface area contributed by atoms with E-state index in [0.717, 1.165) is 11.1 Å². The Labute approximate surface area is 343 Å². The number of nitrogens with zero attached hydrogens (tertiary/aromatic N) is 2. The number of fused-ring (bicyclic) bond motifs is 5. The molecule has 7 N–H and O–H groups in total. The van der Waals surface area contributed by atoms with Crippen LogP contribution in [0.5, 0.6) is 0 Å². The molecule has 0 bridgehead atoms. The van der Waals surface area contributed by atoms with Crippen LogP contribution in [0.1, 0.15) is 78.6 Å². The van der Waals surface area contributed by atoms with E-state index in [1.165, 1.54) is 24.5 Å². The highest BCUT2D eigenvalue weighted by Gasteiger charge is 2.46. The fraction of sp³-hybridized carbons (Fsp3) is 0.405. The van der Waals surface area contributed by atoms with Crippen molar-refractivity contribution in [2.75, 3.05) is 13.3 Å². The van der Waals surface area contributed by atoms with Crippen molar-refractivity contribution in [2.45, 2.75) is 96.5 Å². The van der Waals surface area contributed by atoms with Crippen LogP contribution in [0.25, 0.3) is 22.3 Å². The minimum Gasteiger partial charge on any atom is -0.483 e. The lowest BCUT2D eigenvalue weighted by molar-refractivity contribution is -0.172. The predicted octanol–water partition coefficient (Wildman–Crippen LogP) is 1.86. The van der Waals surface area contributed by atoms with Gasteiger partial charge >= 0.3 is 5.97 Å². The summed E-state index contributed by atoms with van der Waals surface area (Å²) in [5.41, 5.74) is 7.86. The summed E-state index contributed by atoms with van der Waals surface area (Å²) in [6.45, 7) is 5.44. The second-order valence-electron chi connectivity index (χ2n) is 14.9. The molecule has 5 atom stereocenters. The highest BCUT2D eigenvalue weighted by Crippen LogP contribution is 2.46. The Balaban J connectivity index is 0.00000195. The summed E-state index contributed by atoms with van der Waals surface area (Å²) in [6.07, 6.45) is -0.447. The quantitative estimate of drug-likeness (QED) is 0.0564. The Morgan fingerprint density at radius 2 is 1.83 bits per heavy atom. The molecule has 3 amide bonds. The van der Waals surface area contributed by atoms with Crippen molar-refractivity contribution in [3.63, 3.8) is 0 Å². The number of hydrogen-bond donors (Lipinski definition) is 6. The number of pyridine rings is 2. The molecule has 0 saturated carbocycles. The van der Waals surface area contributed by atoms with Crippen molar-refractivity contribution in [3.05, 3.63) is 97.6 Å². The summed E-state index contributed by atoms with van der Waals surface area (Å²) in [5, 5.41) is 27.1. The molecule has 18 heteroatoms. The van der Waals surface area contributed by atoms with Gasteiger partial charge in [-0.3, -0.25) is 24.0 Å². The number of aliphatic hydroxyl groups is 1. The summed E-state index contributed by atoms with van der Waals surface area (Å²) in [5.74, 6) is -2.90.